The van der Waals surface area contributed by atoms with E-state index in [-0.39, 0.29) is 29.2 Å². The summed E-state index contributed by atoms with van der Waals surface area (Å²) in [7, 11) is -2.21. The first-order chi connectivity index (χ1) is 21.0. The van der Waals surface area contributed by atoms with Crippen molar-refractivity contribution in [1.82, 2.24) is 20.2 Å². The Morgan fingerprint density at radius 1 is 1.16 bits per heavy atom. The van der Waals surface area contributed by atoms with E-state index in [1.54, 1.807) is 37.6 Å². The van der Waals surface area contributed by atoms with Crippen LogP contribution < -0.4 is 14.9 Å². The Morgan fingerprint density at radius 2 is 1.89 bits per heavy atom. The molecule has 1 saturated carbocycles. The van der Waals surface area contributed by atoms with Crippen molar-refractivity contribution in [2.75, 3.05) is 42.3 Å². The minimum atomic E-state index is -3.85. The van der Waals surface area contributed by atoms with Gasteiger partial charge in [-0.25, -0.2) is 17.7 Å². The highest BCUT2D eigenvalue weighted by Crippen LogP contribution is 2.42. The normalized spacial score (nSPS) is 17.7. The van der Waals surface area contributed by atoms with Crippen LogP contribution in [0.4, 0.5) is 11.6 Å². The number of pyridine rings is 2. The maximum absolute atomic E-state index is 13.2. The van der Waals surface area contributed by atoms with Crippen LogP contribution in [0.25, 0.3) is 11.5 Å². The lowest BCUT2D eigenvalue weighted by Crippen LogP contribution is -2.35. The second-order valence-electron chi connectivity index (χ2n) is 11.7. The van der Waals surface area contributed by atoms with E-state index in [1.165, 1.54) is 0 Å². The number of benzene rings is 1. The predicted molar refractivity (Wildman–Crippen MR) is 171 cm³/mol. The van der Waals surface area contributed by atoms with Gasteiger partial charge in [-0.2, -0.15) is 0 Å². The summed E-state index contributed by atoms with van der Waals surface area (Å²) in [6.45, 7) is 5.69. The Bertz CT molecular complexity index is 1670. The van der Waals surface area contributed by atoms with Gasteiger partial charge in [-0.1, -0.05) is 54.9 Å². The minimum Gasteiger partial charge on any atom is -0.419 e. The molecule has 0 spiro atoms. The highest BCUT2D eigenvalue weighted by molar-refractivity contribution is 7.92. The molecule has 2 N–H and O–H groups in total. The van der Waals surface area contributed by atoms with Crippen molar-refractivity contribution in [2.24, 2.45) is 17.6 Å². The topological polar surface area (TPSA) is 141 Å². The number of nitrogens with zero attached hydrogens (tertiary/aromatic N) is 6. The van der Waals surface area contributed by atoms with Crippen LogP contribution in [0.5, 0.6) is 0 Å². The van der Waals surface area contributed by atoms with Crippen molar-refractivity contribution in [3.05, 3.63) is 83.0 Å². The number of nitrogens with two attached hydrogens (primary N) is 1. The summed E-state index contributed by atoms with van der Waals surface area (Å²) in [6, 6.07) is 16.9. The summed E-state index contributed by atoms with van der Waals surface area (Å²) >= 11 is 6.99. The van der Waals surface area contributed by atoms with Crippen LogP contribution in [0.2, 0.25) is 5.02 Å². The number of aromatic nitrogens is 4. The maximum atomic E-state index is 13.2. The van der Waals surface area contributed by atoms with Gasteiger partial charge in [-0.05, 0) is 55.4 Å². The third-order valence-corrected chi connectivity index (χ3v) is 9.25. The fourth-order valence-electron chi connectivity index (χ4n) is 5.07. The van der Waals surface area contributed by atoms with Crippen molar-refractivity contribution >= 4 is 33.3 Å². The maximum Gasteiger partial charge on any atom is 0.249 e. The first kappa shape index (κ1) is 31.8. The molecule has 0 bridgehead atoms. The smallest absolute Gasteiger partial charge is 0.249 e. The van der Waals surface area contributed by atoms with Gasteiger partial charge in [-0.3, -0.25) is 4.98 Å². The molecule has 11 nitrogen and oxygen atoms in total. The lowest BCUT2D eigenvalue weighted by molar-refractivity contribution is 0.204. The van der Waals surface area contributed by atoms with Crippen molar-refractivity contribution in [1.29, 1.82) is 0 Å². The third kappa shape index (κ3) is 7.55. The van der Waals surface area contributed by atoms with Crippen LogP contribution in [0.15, 0.2) is 65.2 Å². The molecule has 1 fully saturated rings. The van der Waals surface area contributed by atoms with Crippen molar-refractivity contribution in [3.8, 4) is 11.5 Å². The standard InChI is InChI=1S/C31H38ClN7O4S/c1-21-16-23(21)19-38(14-15-42-3)26-17-25(29-36-37-30(43-29)31(2,33)18-22-10-6-5-7-11-22)27(32)28(35-26)39(44(4,40)41)20-24-12-8-9-13-34-24/h5-13,17,21,23H,14-16,18-20,33H2,1-4H3. The van der Waals surface area contributed by atoms with Crippen LogP contribution in [0.3, 0.4) is 0 Å². The molecule has 4 aromatic rings. The van der Waals surface area contributed by atoms with Gasteiger partial charge in [0.15, 0.2) is 5.82 Å². The summed E-state index contributed by atoms with van der Waals surface area (Å²) in [6.07, 6.45) is 4.29. The minimum absolute atomic E-state index is 0.0399. The molecular weight excluding hydrogens is 602 g/mol. The first-order valence-corrected chi connectivity index (χ1v) is 16.7. The number of sulfonamides is 1. The molecule has 0 aliphatic heterocycles. The summed E-state index contributed by atoms with van der Waals surface area (Å²) in [5.41, 5.74) is 7.60. The molecule has 0 saturated heterocycles. The Morgan fingerprint density at radius 3 is 2.52 bits per heavy atom. The largest absolute Gasteiger partial charge is 0.419 e. The number of anilines is 2. The molecule has 1 aliphatic carbocycles. The summed E-state index contributed by atoms with van der Waals surface area (Å²) < 4.78 is 39.2. The van der Waals surface area contributed by atoms with Crippen LogP contribution in [-0.4, -0.2) is 61.6 Å². The van der Waals surface area contributed by atoms with E-state index in [0.717, 1.165) is 29.1 Å². The molecular formula is C31H38ClN7O4S. The number of hydrogen-bond donors (Lipinski definition) is 1. The van der Waals surface area contributed by atoms with Crippen molar-refractivity contribution in [2.45, 2.75) is 38.8 Å². The number of methoxy groups -OCH3 is 1. The zero-order valence-corrected chi connectivity index (χ0v) is 26.9. The van der Waals surface area contributed by atoms with Crippen LogP contribution >= 0.6 is 11.6 Å². The summed E-state index contributed by atoms with van der Waals surface area (Å²) in [5, 5.41) is 8.66. The lowest BCUT2D eigenvalue weighted by atomic mass is 9.94. The van der Waals surface area contributed by atoms with Gasteiger partial charge in [0, 0.05) is 26.4 Å². The van der Waals surface area contributed by atoms with E-state index in [2.05, 4.69) is 27.0 Å². The van der Waals surface area contributed by atoms with E-state index in [4.69, 9.17) is 31.5 Å². The lowest BCUT2D eigenvalue weighted by Gasteiger charge is -2.28. The second kappa shape index (κ2) is 13.2. The molecule has 3 aromatic heterocycles. The molecule has 3 atom stereocenters. The number of hydrogen-bond acceptors (Lipinski definition) is 10. The molecule has 44 heavy (non-hydrogen) atoms. The average Bonchev–Trinajstić information content (AvgIpc) is 3.45. The molecule has 234 valence electrons. The van der Waals surface area contributed by atoms with Crippen molar-refractivity contribution < 1.29 is 17.6 Å². The molecule has 0 radical (unpaired) electrons. The van der Waals surface area contributed by atoms with E-state index in [1.807, 2.05) is 37.3 Å². The Balaban J connectivity index is 1.61. The van der Waals surface area contributed by atoms with Gasteiger partial charge in [0.2, 0.25) is 21.8 Å². The van der Waals surface area contributed by atoms with Crippen LogP contribution in [0, 0.1) is 11.8 Å². The number of rotatable bonds is 14. The van der Waals surface area contributed by atoms with E-state index >= 15 is 0 Å². The highest BCUT2D eigenvalue weighted by Gasteiger charge is 2.36. The van der Waals surface area contributed by atoms with E-state index < -0.39 is 15.6 Å². The molecule has 0 amide bonds. The summed E-state index contributed by atoms with van der Waals surface area (Å²) in [4.78, 5) is 11.2. The monoisotopic (exact) mass is 639 g/mol. The van der Waals surface area contributed by atoms with Gasteiger partial charge in [0.1, 0.15) is 5.82 Å². The van der Waals surface area contributed by atoms with Gasteiger partial charge in [0.05, 0.1) is 41.2 Å². The van der Waals surface area contributed by atoms with E-state index in [9.17, 15) is 8.42 Å². The van der Waals surface area contributed by atoms with Gasteiger partial charge >= 0.3 is 0 Å². The average molecular weight is 640 g/mol. The predicted octanol–water partition coefficient (Wildman–Crippen LogP) is 4.67. The summed E-state index contributed by atoms with van der Waals surface area (Å²) in [5.74, 6) is 1.97. The molecule has 1 aliphatic rings. The first-order valence-electron chi connectivity index (χ1n) is 14.5. The molecule has 3 heterocycles. The molecule has 1 aromatic carbocycles. The zero-order valence-electron chi connectivity index (χ0n) is 25.4. The Kier molecular flexibility index (Phi) is 9.54. The van der Waals surface area contributed by atoms with Gasteiger partial charge in [-0.15, -0.1) is 10.2 Å². The molecule has 3 unspecified atom stereocenters. The third-order valence-electron chi connectivity index (χ3n) is 7.77. The van der Waals surface area contributed by atoms with Crippen LogP contribution in [0.1, 0.15) is 37.4 Å². The second-order valence-corrected chi connectivity index (χ2v) is 13.9. The van der Waals surface area contributed by atoms with Crippen LogP contribution in [-0.2, 0) is 33.3 Å². The highest BCUT2D eigenvalue weighted by atomic mass is 35.5. The fourth-order valence-corrected chi connectivity index (χ4v) is 6.21. The Labute approximate surface area is 263 Å². The SMILES string of the molecule is COCCN(CC1CC1C)c1cc(-c2nnc(C(C)(N)Cc3ccccc3)o2)c(Cl)c(N(Cc2ccccn2)S(C)(=O)=O)n1. The quantitative estimate of drug-likeness (QED) is 0.207. The van der Waals surface area contributed by atoms with E-state index in [0.29, 0.717) is 48.5 Å². The molecule has 5 rings (SSSR count). The zero-order chi connectivity index (χ0) is 31.5. The molecule has 13 heteroatoms. The number of ether oxygens (including phenoxy) is 1. The fraction of sp³-hybridized carbons (Fsp3) is 0.419. The van der Waals surface area contributed by atoms with Gasteiger partial charge in [0.25, 0.3) is 0 Å². The van der Waals surface area contributed by atoms with Crippen molar-refractivity contribution in [3.63, 3.8) is 0 Å². The number of halogens is 1. The van der Waals surface area contributed by atoms with Gasteiger partial charge < -0.3 is 19.8 Å². The Hall–Kier alpha value is -3.58.